The molecule has 2 atom stereocenters. The van der Waals surface area contributed by atoms with Crippen LogP contribution in [0.15, 0.2) is 12.4 Å². The van der Waals surface area contributed by atoms with Crippen molar-refractivity contribution in [2.24, 2.45) is 0 Å². The molecule has 118 valence electrons. The molecule has 1 aromatic rings. The molecule has 0 saturated heterocycles. The molecule has 0 aromatic carbocycles. The highest BCUT2D eigenvalue weighted by molar-refractivity contribution is 5.76. The summed E-state index contributed by atoms with van der Waals surface area (Å²) in [6.07, 6.45) is 9.26. The summed E-state index contributed by atoms with van der Waals surface area (Å²) in [5.74, 6) is 0.171. The van der Waals surface area contributed by atoms with Crippen LogP contribution in [0.1, 0.15) is 57.6 Å². The second kappa shape index (κ2) is 7.59. The lowest BCUT2D eigenvalue weighted by Crippen LogP contribution is -2.38. The van der Waals surface area contributed by atoms with E-state index >= 15 is 0 Å². The van der Waals surface area contributed by atoms with Crippen LogP contribution in [0.3, 0.4) is 0 Å². The zero-order chi connectivity index (χ0) is 15.2. The van der Waals surface area contributed by atoms with Crippen LogP contribution in [0.25, 0.3) is 0 Å². The number of carbonyl (C=O) groups excluding carboxylic acids is 1. The molecule has 5 nitrogen and oxygen atoms in total. The maximum atomic E-state index is 11.9. The molecule has 5 heteroatoms. The fourth-order valence-corrected chi connectivity index (χ4v) is 2.84. The van der Waals surface area contributed by atoms with Gasteiger partial charge in [0.15, 0.2) is 0 Å². The highest BCUT2D eigenvalue weighted by atomic mass is 16.1. The van der Waals surface area contributed by atoms with Gasteiger partial charge in [0.1, 0.15) is 0 Å². The summed E-state index contributed by atoms with van der Waals surface area (Å²) in [4.78, 5) is 11.9. The van der Waals surface area contributed by atoms with Gasteiger partial charge >= 0.3 is 0 Å². The van der Waals surface area contributed by atoms with E-state index in [4.69, 9.17) is 0 Å². The van der Waals surface area contributed by atoms with Crippen molar-refractivity contribution >= 4 is 5.91 Å². The van der Waals surface area contributed by atoms with E-state index in [0.717, 1.165) is 12.8 Å². The number of carbonyl (C=O) groups is 1. The molecule has 1 fully saturated rings. The van der Waals surface area contributed by atoms with Gasteiger partial charge in [0, 0.05) is 31.2 Å². The van der Waals surface area contributed by atoms with E-state index in [2.05, 4.69) is 35.8 Å². The molecule has 0 bridgehead atoms. The third-order valence-electron chi connectivity index (χ3n) is 4.41. The third-order valence-corrected chi connectivity index (χ3v) is 4.41. The minimum absolute atomic E-state index is 0.171. The first-order valence-corrected chi connectivity index (χ1v) is 8.10. The van der Waals surface area contributed by atoms with Crippen LogP contribution >= 0.6 is 0 Å². The fraction of sp³-hybridized carbons (Fsp3) is 0.750. The van der Waals surface area contributed by atoms with Gasteiger partial charge in [-0.05, 0) is 39.2 Å². The van der Waals surface area contributed by atoms with E-state index in [0.29, 0.717) is 19.0 Å². The molecule has 0 radical (unpaired) electrons. The predicted octanol–water partition coefficient (Wildman–Crippen LogP) is 2.18. The number of hydrogen-bond donors (Lipinski definition) is 2. The Balaban J connectivity index is 1.66. The Kier molecular flexibility index (Phi) is 5.79. The van der Waals surface area contributed by atoms with E-state index in [-0.39, 0.29) is 18.0 Å². The standard InChI is InChI=1S/C16H28N4O/c1-12-10-18-20(11-12)14(3)13(2)17-9-8-16(21)19-15-6-4-5-7-15/h10-11,13-15,17H,4-9H2,1-3H3,(H,19,21)/t13-,14-/m0/s1. The second-order valence-corrected chi connectivity index (χ2v) is 6.28. The lowest BCUT2D eigenvalue weighted by Gasteiger charge is -2.22. The Hall–Kier alpha value is -1.36. The van der Waals surface area contributed by atoms with Crippen molar-refractivity contribution in [3.8, 4) is 0 Å². The molecular formula is C16H28N4O. The number of amides is 1. The zero-order valence-electron chi connectivity index (χ0n) is 13.4. The van der Waals surface area contributed by atoms with Crippen molar-refractivity contribution in [1.29, 1.82) is 0 Å². The normalized spacial score (nSPS) is 18.6. The van der Waals surface area contributed by atoms with Crippen molar-refractivity contribution in [3.63, 3.8) is 0 Å². The first kappa shape index (κ1) is 16.0. The Bertz CT molecular complexity index is 451. The van der Waals surface area contributed by atoms with E-state index in [9.17, 15) is 4.79 Å². The summed E-state index contributed by atoms with van der Waals surface area (Å²) in [5, 5.41) is 10.9. The van der Waals surface area contributed by atoms with Crippen LogP contribution in [0.5, 0.6) is 0 Å². The SMILES string of the molecule is Cc1cnn([C@@H](C)[C@H](C)NCCC(=O)NC2CCCC2)c1. The highest BCUT2D eigenvalue weighted by Gasteiger charge is 2.18. The molecule has 0 spiro atoms. The number of nitrogens with zero attached hydrogens (tertiary/aromatic N) is 2. The molecular weight excluding hydrogens is 264 g/mol. The summed E-state index contributed by atoms with van der Waals surface area (Å²) >= 11 is 0. The molecule has 1 heterocycles. The van der Waals surface area contributed by atoms with Gasteiger partial charge in [-0.3, -0.25) is 9.48 Å². The van der Waals surface area contributed by atoms with Gasteiger partial charge in [0.05, 0.1) is 12.2 Å². The monoisotopic (exact) mass is 292 g/mol. The lowest BCUT2D eigenvalue weighted by molar-refractivity contribution is -0.121. The van der Waals surface area contributed by atoms with Crippen LogP contribution in [0.4, 0.5) is 0 Å². The summed E-state index contributed by atoms with van der Waals surface area (Å²) in [7, 11) is 0. The lowest BCUT2D eigenvalue weighted by atomic mass is 10.1. The van der Waals surface area contributed by atoms with Gasteiger partial charge in [-0.1, -0.05) is 12.8 Å². The van der Waals surface area contributed by atoms with Crippen LogP contribution in [0.2, 0.25) is 0 Å². The quantitative estimate of drug-likeness (QED) is 0.810. The van der Waals surface area contributed by atoms with Crippen molar-refractivity contribution in [3.05, 3.63) is 18.0 Å². The van der Waals surface area contributed by atoms with Crippen LogP contribution in [0, 0.1) is 6.92 Å². The second-order valence-electron chi connectivity index (χ2n) is 6.28. The molecule has 1 saturated carbocycles. The van der Waals surface area contributed by atoms with Gasteiger partial charge < -0.3 is 10.6 Å². The molecule has 1 aliphatic rings. The largest absolute Gasteiger partial charge is 0.353 e. The minimum atomic E-state index is 0.171. The Labute approximate surface area is 127 Å². The smallest absolute Gasteiger partial charge is 0.221 e. The first-order valence-electron chi connectivity index (χ1n) is 8.10. The number of aryl methyl sites for hydroxylation is 1. The molecule has 21 heavy (non-hydrogen) atoms. The molecule has 0 unspecified atom stereocenters. The predicted molar refractivity (Wildman–Crippen MR) is 84.2 cm³/mol. The number of hydrogen-bond acceptors (Lipinski definition) is 3. The van der Waals surface area contributed by atoms with Gasteiger partial charge in [-0.25, -0.2) is 0 Å². The molecule has 0 aliphatic heterocycles. The average molecular weight is 292 g/mol. The Morgan fingerprint density at radius 3 is 2.76 bits per heavy atom. The summed E-state index contributed by atoms with van der Waals surface area (Å²) in [5.41, 5.74) is 1.17. The number of rotatable bonds is 7. The van der Waals surface area contributed by atoms with Crippen molar-refractivity contribution in [2.75, 3.05) is 6.54 Å². The van der Waals surface area contributed by atoms with E-state index in [1.54, 1.807) is 0 Å². The molecule has 2 rings (SSSR count). The first-order chi connectivity index (χ1) is 10.1. The minimum Gasteiger partial charge on any atom is -0.353 e. The van der Waals surface area contributed by atoms with Crippen molar-refractivity contribution < 1.29 is 4.79 Å². The summed E-state index contributed by atoms with van der Waals surface area (Å²) < 4.78 is 1.98. The third kappa shape index (κ3) is 4.84. The van der Waals surface area contributed by atoms with Gasteiger partial charge in [0.25, 0.3) is 0 Å². The zero-order valence-corrected chi connectivity index (χ0v) is 13.4. The Morgan fingerprint density at radius 1 is 1.43 bits per heavy atom. The molecule has 1 aliphatic carbocycles. The Morgan fingerprint density at radius 2 is 2.14 bits per heavy atom. The van der Waals surface area contributed by atoms with Crippen LogP contribution in [-0.4, -0.2) is 34.3 Å². The van der Waals surface area contributed by atoms with Gasteiger partial charge in [0.2, 0.25) is 5.91 Å². The number of aromatic nitrogens is 2. The van der Waals surface area contributed by atoms with Crippen molar-refractivity contribution in [1.82, 2.24) is 20.4 Å². The molecule has 1 amide bonds. The van der Waals surface area contributed by atoms with Crippen LogP contribution in [-0.2, 0) is 4.79 Å². The topological polar surface area (TPSA) is 59.0 Å². The maximum Gasteiger partial charge on any atom is 0.221 e. The van der Waals surface area contributed by atoms with E-state index < -0.39 is 0 Å². The van der Waals surface area contributed by atoms with Gasteiger partial charge in [-0.15, -0.1) is 0 Å². The van der Waals surface area contributed by atoms with Crippen molar-refractivity contribution in [2.45, 2.75) is 71.0 Å². The number of nitrogens with one attached hydrogen (secondary N) is 2. The summed E-state index contributed by atoms with van der Waals surface area (Å²) in [6.45, 7) is 7.03. The van der Waals surface area contributed by atoms with E-state index in [1.807, 2.05) is 17.8 Å². The molecule has 1 aromatic heterocycles. The highest BCUT2D eigenvalue weighted by Crippen LogP contribution is 2.17. The van der Waals surface area contributed by atoms with Gasteiger partial charge in [-0.2, -0.15) is 5.10 Å². The van der Waals surface area contributed by atoms with E-state index in [1.165, 1.54) is 18.4 Å². The fourth-order valence-electron chi connectivity index (χ4n) is 2.84. The molecule has 2 N–H and O–H groups in total. The summed E-state index contributed by atoms with van der Waals surface area (Å²) in [6, 6.07) is 0.973. The average Bonchev–Trinajstić information content (AvgIpc) is 3.09. The maximum absolute atomic E-state index is 11.9. The van der Waals surface area contributed by atoms with Crippen LogP contribution < -0.4 is 10.6 Å².